The van der Waals surface area contributed by atoms with Crippen molar-refractivity contribution in [2.45, 2.75) is 0 Å². The van der Waals surface area contributed by atoms with Gasteiger partial charge >= 0.3 is 0 Å². The maximum atomic E-state index is 13.0. The largest absolute Gasteiger partial charge is 0.493 e. The first-order valence-corrected chi connectivity index (χ1v) is 7.66. The number of carbonyl (C=O) groups is 1. The van der Waals surface area contributed by atoms with Crippen LogP contribution in [0.15, 0.2) is 42.6 Å². The summed E-state index contributed by atoms with van der Waals surface area (Å²) in [6, 6.07) is 10.5. The second-order valence-electron chi connectivity index (χ2n) is 5.49. The van der Waals surface area contributed by atoms with Gasteiger partial charge in [0.25, 0.3) is 0 Å². The molecule has 0 spiro atoms. The summed E-state index contributed by atoms with van der Waals surface area (Å²) in [7, 11) is 3.08. The second-order valence-corrected chi connectivity index (χ2v) is 5.49. The van der Waals surface area contributed by atoms with Gasteiger partial charge in [-0.1, -0.05) is 0 Å². The topological polar surface area (TPSA) is 66.9 Å². The van der Waals surface area contributed by atoms with Crippen LogP contribution in [-0.2, 0) is 0 Å². The molecule has 0 atom stereocenters. The number of benzene rings is 2. The van der Waals surface area contributed by atoms with E-state index >= 15 is 0 Å². The Morgan fingerprint density at radius 1 is 1.00 bits per heavy atom. The van der Waals surface area contributed by atoms with E-state index in [1.807, 2.05) is 12.1 Å². The number of fused-ring (bicyclic) bond motifs is 2. The second kappa shape index (κ2) is 5.98. The zero-order valence-electron chi connectivity index (χ0n) is 13.7. The average molecular weight is 337 g/mol. The van der Waals surface area contributed by atoms with Gasteiger partial charge in [-0.15, -0.1) is 0 Å². The molecule has 25 heavy (non-hydrogen) atoms. The Morgan fingerprint density at radius 2 is 1.76 bits per heavy atom. The van der Waals surface area contributed by atoms with E-state index < -0.39 is 0 Å². The summed E-state index contributed by atoms with van der Waals surface area (Å²) in [5.74, 6) is 2.13. The van der Waals surface area contributed by atoms with Crippen LogP contribution in [0.25, 0.3) is 10.8 Å². The summed E-state index contributed by atoms with van der Waals surface area (Å²) in [5.41, 5.74) is 0.818. The number of methoxy groups -OCH3 is 2. The third-order valence-corrected chi connectivity index (χ3v) is 4.12. The molecule has 0 unspecified atom stereocenters. The number of ether oxygens (including phenoxy) is 4. The minimum absolute atomic E-state index is 0.179. The van der Waals surface area contributed by atoms with Gasteiger partial charge in [0.15, 0.2) is 23.0 Å². The van der Waals surface area contributed by atoms with Crippen LogP contribution in [0.5, 0.6) is 23.0 Å². The Kier molecular flexibility index (Phi) is 3.65. The van der Waals surface area contributed by atoms with Crippen LogP contribution in [0.4, 0.5) is 0 Å². The van der Waals surface area contributed by atoms with Crippen LogP contribution in [0.2, 0.25) is 0 Å². The van der Waals surface area contributed by atoms with Crippen LogP contribution in [0.3, 0.4) is 0 Å². The summed E-state index contributed by atoms with van der Waals surface area (Å²) < 4.78 is 21.3. The smallest absolute Gasteiger partial charge is 0.231 e. The third kappa shape index (κ3) is 2.52. The molecule has 2 heterocycles. The number of hydrogen-bond donors (Lipinski definition) is 0. The standard InChI is InChI=1S/C19H15NO5/c1-22-14-4-3-12(8-15(14)23-2)19(21)18-13-9-17-16(24-10-25-17)7-11(13)5-6-20-18/h3-9H,10H2,1-2H3. The lowest BCUT2D eigenvalue weighted by atomic mass is 10.0. The zero-order valence-corrected chi connectivity index (χ0v) is 13.7. The molecule has 126 valence electrons. The van der Waals surface area contributed by atoms with E-state index in [1.165, 1.54) is 7.11 Å². The molecule has 1 aliphatic heterocycles. The summed E-state index contributed by atoms with van der Waals surface area (Å²) in [4.78, 5) is 17.3. The van der Waals surface area contributed by atoms with E-state index in [4.69, 9.17) is 18.9 Å². The summed E-state index contributed by atoms with van der Waals surface area (Å²) in [6.07, 6.45) is 1.61. The maximum absolute atomic E-state index is 13.0. The van der Waals surface area contributed by atoms with E-state index in [9.17, 15) is 4.79 Å². The van der Waals surface area contributed by atoms with Gasteiger partial charge in [-0.3, -0.25) is 9.78 Å². The van der Waals surface area contributed by atoms with Gasteiger partial charge in [0.1, 0.15) is 5.69 Å². The molecule has 1 aromatic heterocycles. The number of nitrogens with zero attached hydrogens (tertiary/aromatic N) is 1. The molecule has 2 aromatic carbocycles. The Balaban J connectivity index is 1.83. The molecular weight excluding hydrogens is 322 g/mol. The van der Waals surface area contributed by atoms with Gasteiger partial charge in [-0.25, -0.2) is 0 Å². The molecule has 0 aliphatic carbocycles. The quantitative estimate of drug-likeness (QED) is 0.681. The van der Waals surface area contributed by atoms with Gasteiger partial charge in [-0.05, 0) is 41.8 Å². The van der Waals surface area contributed by atoms with Gasteiger partial charge in [0.2, 0.25) is 12.6 Å². The minimum atomic E-state index is -0.203. The first kappa shape index (κ1) is 15.3. The Labute approximate surface area is 143 Å². The van der Waals surface area contributed by atoms with Crippen molar-refractivity contribution >= 4 is 16.6 Å². The van der Waals surface area contributed by atoms with Gasteiger partial charge in [-0.2, -0.15) is 0 Å². The third-order valence-electron chi connectivity index (χ3n) is 4.12. The summed E-state index contributed by atoms with van der Waals surface area (Å²) in [6.45, 7) is 0.179. The highest BCUT2D eigenvalue weighted by Gasteiger charge is 2.20. The average Bonchev–Trinajstić information content (AvgIpc) is 3.11. The molecular formula is C19H15NO5. The fourth-order valence-electron chi connectivity index (χ4n) is 2.86. The van der Waals surface area contributed by atoms with Crippen molar-refractivity contribution in [3.05, 3.63) is 53.9 Å². The number of ketones is 1. The van der Waals surface area contributed by atoms with Gasteiger partial charge < -0.3 is 18.9 Å². The fraction of sp³-hybridized carbons (Fsp3) is 0.158. The van der Waals surface area contributed by atoms with E-state index in [2.05, 4.69) is 4.98 Å². The minimum Gasteiger partial charge on any atom is -0.493 e. The van der Waals surface area contributed by atoms with Crippen molar-refractivity contribution in [1.82, 2.24) is 4.98 Å². The van der Waals surface area contributed by atoms with E-state index in [0.29, 0.717) is 39.6 Å². The number of rotatable bonds is 4. The van der Waals surface area contributed by atoms with E-state index in [1.54, 1.807) is 37.6 Å². The van der Waals surface area contributed by atoms with Crippen molar-refractivity contribution < 1.29 is 23.7 Å². The van der Waals surface area contributed by atoms with Gasteiger partial charge in [0.05, 0.1) is 14.2 Å². The fourth-order valence-corrected chi connectivity index (χ4v) is 2.86. The van der Waals surface area contributed by atoms with E-state index in [0.717, 1.165) is 5.39 Å². The summed E-state index contributed by atoms with van der Waals surface area (Å²) in [5, 5.41) is 1.58. The van der Waals surface area contributed by atoms with Crippen LogP contribution in [0, 0.1) is 0 Å². The van der Waals surface area contributed by atoms with Crippen LogP contribution in [0.1, 0.15) is 16.1 Å². The van der Waals surface area contributed by atoms with Crippen molar-refractivity contribution in [3.63, 3.8) is 0 Å². The van der Waals surface area contributed by atoms with Crippen LogP contribution >= 0.6 is 0 Å². The number of aromatic nitrogens is 1. The predicted octanol–water partition coefficient (Wildman–Crippen LogP) is 3.21. The molecule has 0 bridgehead atoms. The SMILES string of the molecule is COc1ccc(C(=O)c2nccc3cc4c(cc23)OCO4)cc1OC. The molecule has 1 aliphatic rings. The molecule has 0 saturated heterocycles. The van der Waals surface area contributed by atoms with Gasteiger partial charge in [0, 0.05) is 17.1 Å². The molecule has 0 saturated carbocycles. The Hall–Kier alpha value is -3.28. The lowest BCUT2D eigenvalue weighted by molar-refractivity contribution is 0.103. The molecule has 6 nitrogen and oxygen atoms in total. The van der Waals surface area contributed by atoms with Crippen molar-refractivity contribution in [2.75, 3.05) is 21.0 Å². The number of carbonyl (C=O) groups excluding carboxylic acids is 1. The molecule has 0 radical (unpaired) electrons. The Bertz CT molecular complexity index is 983. The zero-order chi connectivity index (χ0) is 17.4. The number of hydrogen-bond acceptors (Lipinski definition) is 6. The molecule has 6 heteroatoms. The normalized spacial score (nSPS) is 12.2. The van der Waals surface area contributed by atoms with Crippen molar-refractivity contribution in [1.29, 1.82) is 0 Å². The lowest BCUT2D eigenvalue weighted by Gasteiger charge is -2.10. The molecule has 0 N–H and O–H groups in total. The highest BCUT2D eigenvalue weighted by molar-refractivity contribution is 6.15. The first-order valence-electron chi connectivity index (χ1n) is 7.66. The Morgan fingerprint density at radius 3 is 2.52 bits per heavy atom. The highest BCUT2D eigenvalue weighted by Crippen LogP contribution is 2.37. The lowest BCUT2D eigenvalue weighted by Crippen LogP contribution is -2.05. The molecule has 4 rings (SSSR count). The van der Waals surface area contributed by atoms with Crippen LogP contribution in [-0.4, -0.2) is 31.8 Å². The molecule has 3 aromatic rings. The monoisotopic (exact) mass is 337 g/mol. The summed E-state index contributed by atoms with van der Waals surface area (Å²) >= 11 is 0. The molecule has 0 fully saturated rings. The van der Waals surface area contributed by atoms with Crippen LogP contribution < -0.4 is 18.9 Å². The van der Waals surface area contributed by atoms with E-state index in [-0.39, 0.29) is 12.6 Å². The molecule has 0 amide bonds. The predicted molar refractivity (Wildman–Crippen MR) is 90.8 cm³/mol. The maximum Gasteiger partial charge on any atom is 0.231 e. The van der Waals surface area contributed by atoms with Crippen molar-refractivity contribution in [2.24, 2.45) is 0 Å². The highest BCUT2D eigenvalue weighted by atomic mass is 16.7. The van der Waals surface area contributed by atoms with Crippen molar-refractivity contribution in [3.8, 4) is 23.0 Å². The number of pyridine rings is 1. The first-order chi connectivity index (χ1) is 12.2.